The van der Waals surface area contributed by atoms with Gasteiger partial charge in [-0.05, 0) is 48.2 Å². The summed E-state index contributed by atoms with van der Waals surface area (Å²) < 4.78 is 8.48. The molecule has 0 radical (unpaired) electrons. The van der Waals surface area contributed by atoms with Crippen LogP contribution in [0.3, 0.4) is 0 Å². The zero-order valence-electron chi connectivity index (χ0n) is 19.3. The molecule has 1 aliphatic carbocycles. The molecule has 4 heterocycles. The van der Waals surface area contributed by atoms with Gasteiger partial charge in [0.25, 0.3) is 0 Å². The fraction of sp³-hybridized carbons (Fsp3) is 0.269. The number of fused-ring (bicyclic) bond motifs is 2. The zero-order chi connectivity index (χ0) is 23.9. The van der Waals surface area contributed by atoms with Gasteiger partial charge in [0, 0.05) is 41.0 Å². The molecule has 1 fully saturated rings. The number of ether oxygens (including phenoxy) is 1. The van der Waals surface area contributed by atoms with E-state index in [9.17, 15) is 0 Å². The minimum atomic E-state index is -0.0156. The van der Waals surface area contributed by atoms with E-state index in [1.54, 1.807) is 16.0 Å². The summed E-state index contributed by atoms with van der Waals surface area (Å²) in [5.74, 6) is 0.721. The van der Waals surface area contributed by atoms with Crippen molar-refractivity contribution in [1.82, 2.24) is 19.7 Å². The molecule has 0 spiro atoms. The maximum atomic E-state index is 9.04. The first-order valence-electron chi connectivity index (χ1n) is 11.6. The molecular formula is C26H25N5O2S2. The Balaban J connectivity index is 1.49. The lowest BCUT2D eigenvalue weighted by Crippen LogP contribution is -2.12. The summed E-state index contributed by atoms with van der Waals surface area (Å²) in [5, 5.41) is 16.1. The van der Waals surface area contributed by atoms with E-state index in [1.165, 1.54) is 19.3 Å². The van der Waals surface area contributed by atoms with Crippen LogP contribution in [-0.2, 0) is 7.05 Å². The molecule has 0 amide bonds. The van der Waals surface area contributed by atoms with Gasteiger partial charge in [-0.25, -0.2) is 9.97 Å². The van der Waals surface area contributed by atoms with Crippen molar-refractivity contribution in [2.24, 2.45) is 7.05 Å². The Morgan fingerprint density at radius 3 is 2.77 bits per heavy atom. The molecule has 1 saturated carbocycles. The van der Waals surface area contributed by atoms with Crippen LogP contribution < -0.4 is 10.5 Å². The van der Waals surface area contributed by atoms with Crippen LogP contribution in [0, 0.1) is 0 Å². The van der Waals surface area contributed by atoms with Crippen molar-refractivity contribution in [3.63, 3.8) is 0 Å². The lowest BCUT2D eigenvalue weighted by molar-refractivity contribution is 0.201. The molecule has 0 aliphatic heterocycles. The number of nitrogens with two attached hydrogens (primary N) is 1. The Hall–Kier alpha value is -3.14. The van der Waals surface area contributed by atoms with Crippen LogP contribution in [0.15, 0.2) is 53.0 Å². The summed E-state index contributed by atoms with van der Waals surface area (Å²) in [5.41, 5.74) is 12.1. The molecule has 5 aromatic rings. The molecular weight excluding hydrogens is 478 g/mol. The van der Waals surface area contributed by atoms with Crippen LogP contribution >= 0.6 is 23.1 Å². The molecule has 178 valence electrons. The van der Waals surface area contributed by atoms with Crippen molar-refractivity contribution in [3.05, 3.63) is 48.8 Å². The minimum absolute atomic E-state index is 0.0156. The zero-order valence-corrected chi connectivity index (χ0v) is 20.9. The summed E-state index contributed by atoms with van der Waals surface area (Å²) in [6, 6.07) is 12.1. The standard InChI is InChI=1S/C26H25N5O2S2/c1-31-14-17-11-16(13-28-24(17)30-31)21-12-20(15-5-7-18(8-6-15)33-10-9-32)22-23(27)26(35-25(22)29-21)34-19-3-2-4-19/h5-8,11-14,19,32H,2-4,9-10,27H2,1H3. The van der Waals surface area contributed by atoms with Gasteiger partial charge in [0.1, 0.15) is 17.2 Å². The average Bonchev–Trinajstić information content (AvgIpc) is 3.37. The second kappa shape index (κ2) is 9.14. The van der Waals surface area contributed by atoms with Gasteiger partial charge in [0.15, 0.2) is 5.65 Å². The number of rotatable bonds is 7. The fourth-order valence-corrected chi connectivity index (χ4v) is 7.06. The summed E-state index contributed by atoms with van der Waals surface area (Å²) in [4.78, 5) is 10.5. The monoisotopic (exact) mass is 503 g/mol. The van der Waals surface area contributed by atoms with E-state index < -0.39 is 0 Å². The van der Waals surface area contributed by atoms with Gasteiger partial charge in [-0.3, -0.25) is 4.68 Å². The Morgan fingerprint density at radius 2 is 2.03 bits per heavy atom. The number of aryl methyl sites for hydroxylation is 1. The molecule has 1 aromatic carbocycles. The maximum Gasteiger partial charge on any atom is 0.181 e. The second-order valence-electron chi connectivity index (χ2n) is 8.75. The number of nitrogen functional groups attached to an aromatic ring is 1. The molecule has 7 nitrogen and oxygen atoms in total. The van der Waals surface area contributed by atoms with E-state index >= 15 is 0 Å². The smallest absolute Gasteiger partial charge is 0.181 e. The Kier molecular flexibility index (Phi) is 5.83. The molecule has 3 N–H and O–H groups in total. The van der Waals surface area contributed by atoms with Gasteiger partial charge in [-0.1, -0.05) is 18.6 Å². The number of benzene rings is 1. The number of aromatic nitrogens is 4. The molecule has 6 rings (SSSR count). The van der Waals surface area contributed by atoms with Crippen molar-refractivity contribution in [3.8, 4) is 28.1 Å². The quantitative estimate of drug-likeness (QED) is 0.302. The molecule has 4 aromatic heterocycles. The molecule has 0 atom stereocenters. The Bertz CT molecular complexity index is 1520. The van der Waals surface area contributed by atoms with E-state index in [0.29, 0.717) is 5.25 Å². The lowest BCUT2D eigenvalue weighted by atomic mass is 10.00. The first-order valence-corrected chi connectivity index (χ1v) is 13.3. The van der Waals surface area contributed by atoms with Crippen LogP contribution in [0.2, 0.25) is 0 Å². The SMILES string of the molecule is Cn1cc2cc(-c3cc(-c4ccc(OCCO)cc4)c4c(N)c(SC5CCC5)sc4n3)cnc2n1. The predicted molar refractivity (Wildman–Crippen MR) is 143 cm³/mol. The summed E-state index contributed by atoms with van der Waals surface area (Å²) in [6.07, 6.45) is 7.59. The summed E-state index contributed by atoms with van der Waals surface area (Å²) in [6.45, 7) is 0.254. The summed E-state index contributed by atoms with van der Waals surface area (Å²) in [7, 11) is 1.90. The van der Waals surface area contributed by atoms with Gasteiger partial charge in [-0.15, -0.1) is 23.1 Å². The number of thiophene rings is 1. The highest BCUT2D eigenvalue weighted by molar-refractivity contribution is 8.02. The molecule has 0 bridgehead atoms. The topological polar surface area (TPSA) is 99.1 Å². The van der Waals surface area contributed by atoms with Crippen LogP contribution in [0.4, 0.5) is 5.69 Å². The highest BCUT2D eigenvalue weighted by Crippen LogP contribution is 2.48. The van der Waals surface area contributed by atoms with Gasteiger partial charge in [0.2, 0.25) is 0 Å². The second-order valence-corrected chi connectivity index (χ2v) is 11.3. The molecule has 9 heteroatoms. The van der Waals surface area contributed by atoms with E-state index in [2.05, 4.69) is 22.2 Å². The third-order valence-corrected chi connectivity index (χ3v) is 8.96. The largest absolute Gasteiger partial charge is 0.491 e. The van der Waals surface area contributed by atoms with Gasteiger partial charge in [-0.2, -0.15) is 5.10 Å². The predicted octanol–water partition coefficient (Wildman–Crippen LogP) is 5.51. The highest BCUT2D eigenvalue weighted by Gasteiger charge is 2.24. The van der Waals surface area contributed by atoms with Crippen molar-refractivity contribution < 1.29 is 9.84 Å². The van der Waals surface area contributed by atoms with E-state index in [4.69, 9.17) is 20.6 Å². The normalized spacial score (nSPS) is 14.0. The number of hydrogen-bond acceptors (Lipinski definition) is 8. The van der Waals surface area contributed by atoms with Crippen LogP contribution in [0.5, 0.6) is 5.75 Å². The molecule has 35 heavy (non-hydrogen) atoms. The number of anilines is 1. The summed E-state index contributed by atoms with van der Waals surface area (Å²) >= 11 is 3.57. The van der Waals surface area contributed by atoms with E-state index in [-0.39, 0.29) is 13.2 Å². The van der Waals surface area contributed by atoms with Crippen LogP contribution in [0.25, 0.3) is 43.6 Å². The van der Waals surface area contributed by atoms with Crippen LogP contribution in [-0.4, -0.2) is 43.3 Å². The maximum absolute atomic E-state index is 9.04. The minimum Gasteiger partial charge on any atom is -0.491 e. The van der Waals surface area contributed by atoms with Gasteiger partial charge >= 0.3 is 0 Å². The third-order valence-electron chi connectivity index (χ3n) is 6.29. The lowest BCUT2D eigenvalue weighted by Gasteiger charge is -2.23. The van der Waals surface area contributed by atoms with Crippen molar-refractivity contribution in [2.45, 2.75) is 28.7 Å². The Labute approximate surface area is 211 Å². The Morgan fingerprint density at radius 1 is 1.20 bits per heavy atom. The first-order chi connectivity index (χ1) is 17.1. The number of nitrogens with zero attached hydrogens (tertiary/aromatic N) is 4. The van der Waals surface area contributed by atoms with Crippen molar-refractivity contribution in [2.75, 3.05) is 18.9 Å². The molecule has 1 aliphatic rings. The van der Waals surface area contributed by atoms with Crippen LogP contribution in [0.1, 0.15) is 19.3 Å². The number of hydrogen-bond donors (Lipinski definition) is 2. The number of pyridine rings is 2. The van der Waals surface area contributed by atoms with Crippen molar-refractivity contribution in [1.29, 1.82) is 0 Å². The van der Waals surface area contributed by atoms with Gasteiger partial charge in [0.05, 0.1) is 22.2 Å². The van der Waals surface area contributed by atoms with Gasteiger partial charge < -0.3 is 15.6 Å². The van der Waals surface area contributed by atoms with Crippen molar-refractivity contribution >= 4 is 50.0 Å². The number of thioether (sulfide) groups is 1. The van der Waals surface area contributed by atoms with E-state index in [1.807, 2.05) is 55.5 Å². The highest BCUT2D eigenvalue weighted by atomic mass is 32.2. The third kappa shape index (κ3) is 4.24. The average molecular weight is 504 g/mol. The fourth-order valence-electron chi connectivity index (χ4n) is 4.27. The molecule has 0 unspecified atom stereocenters. The van der Waals surface area contributed by atoms with E-state index in [0.717, 1.165) is 59.3 Å². The number of aliphatic hydroxyl groups excluding tert-OH is 1. The first kappa shape index (κ1) is 22.3. The molecule has 0 saturated heterocycles. The number of aliphatic hydroxyl groups is 1.